The quantitative estimate of drug-likeness (QED) is 0.563. The summed E-state index contributed by atoms with van der Waals surface area (Å²) in [6, 6.07) is 21.2. The van der Waals surface area contributed by atoms with Crippen LogP contribution in [0.15, 0.2) is 60.7 Å². The maximum absolute atomic E-state index is 6.45. The molecular formula is C21H22Br2O2. The predicted molar refractivity (Wildman–Crippen MR) is 107 cm³/mol. The summed E-state index contributed by atoms with van der Waals surface area (Å²) in [7, 11) is 0. The fourth-order valence-corrected chi connectivity index (χ4v) is 5.75. The zero-order valence-electron chi connectivity index (χ0n) is 14.1. The van der Waals surface area contributed by atoms with Crippen molar-refractivity contribution in [2.24, 2.45) is 5.41 Å². The van der Waals surface area contributed by atoms with Crippen molar-refractivity contribution in [1.29, 1.82) is 0 Å². The van der Waals surface area contributed by atoms with E-state index in [9.17, 15) is 0 Å². The van der Waals surface area contributed by atoms with E-state index in [0.29, 0.717) is 0 Å². The summed E-state index contributed by atoms with van der Waals surface area (Å²) in [4.78, 5) is 0. The lowest BCUT2D eigenvalue weighted by atomic mass is 9.74. The summed E-state index contributed by atoms with van der Waals surface area (Å²) in [6.45, 7) is 1.49. The first kappa shape index (κ1) is 17.7. The lowest BCUT2D eigenvalue weighted by molar-refractivity contribution is 0.0117. The first-order valence-corrected chi connectivity index (χ1v) is 10.9. The molecule has 0 aliphatic carbocycles. The molecule has 1 spiro atoms. The Bertz CT molecular complexity index is 658. The highest BCUT2D eigenvalue weighted by atomic mass is 79.9. The van der Waals surface area contributed by atoms with Gasteiger partial charge in [-0.3, -0.25) is 0 Å². The Morgan fingerprint density at radius 3 is 1.44 bits per heavy atom. The van der Waals surface area contributed by atoms with E-state index < -0.39 is 0 Å². The molecular weight excluding hydrogens is 444 g/mol. The third-order valence-corrected chi connectivity index (χ3v) is 7.47. The maximum atomic E-state index is 6.45. The van der Waals surface area contributed by atoms with E-state index in [-0.39, 0.29) is 16.6 Å². The molecule has 2 aromatic rings. The van der Waals surface area contributed by atoms with Gasteiger partial charge in [0.1, 0.15) is 11.2 Å². The molecule has 132 valence electrons. The van der Waals surface area contributed by atoms with E-state index >= 15 is 0 Å². The normalized spacial score (nSPS) is 30.8. The Morgan fingerprint density at radius 2 is 1.08 bits per heavy atom. The molecule has 0 unspecified atom stereocenters. The second-order valence-electron chi connectivity index (χ2n) is 7.42. The summed E-state index contributed by atoms with van der Waals surface area (Å²) < 4.78 is 12.9. The molecule has 0 N–H and O–H groups in total. The van der Waals surface area contributed by atoms with Gasteiger partial charge in [-0.2, -0.15) is 0 Å². The zero-order valence-corrected chi connectivity index (χ0v) is 17.3. The van der Waals surface area contributed by atoms with Gasteiger partial charge in [0, 0.05) is 16.1 Å². The van der Waals surface area contributed by atoms with Crippen LogP contribution in [0, 0.1) is 5.41 Å². The maximum Gasteiger partial charge on any atom is 0.103 e. The Balaban J connectivity index is 1.63. The molecule has 2 aliphatic rings. The van der Waals surface area contributed by atoms with E-state index in [0.717, 1.165) is 36.7 Å². The number of benzene rings is 2. The van der Waals surface area contributed by atoms with Crippen LogP contribution in [0.1, 0.15) is 24.0 Å². The van der Waals surface area contributed by atoms with Crippen LogP contribution in [0.5, 0.6) is 0 Å². The molecule has 25 heavy (non-hydrogen) atoms. The van der Waals surface area contributed by atoms with Gasteiger partial charge in [0.15, 0.2) is 0 Å². The molecule has 0 radical (unpaired) electrons. The van der Waals surface area contributed by atoms with Crippen LogP contribution < -0.4 is 0 Å². The van der Waals surface area contributed by atoms with E-state index in [4.69, 9.17) is 9.47 Å². The number of rotatable bonds is 4. The van der Waals surface area contributed by atoms with E-state index in [1.807, 2.05) is 0 Å². The lowest BCUT2D eigenvalue weighted by Crippen LogP contribution is -2.31. The standard InChI is InChI=1S/C21H22Br2O2/c22-13-20(17-7-3-1-4-8-17)11-19(15-24-20)12-21(14-23,25-16-19)18-9-5-2-6-10-18/h1-10H,11-16H2/t19?,20-,21-/m1/s1. The minimum atomic E-state index is -0.260. The van der Waals surface area contributed by atoms with Gasteiger partial charge in [0.25, 0.3) is 0 Å². The molecule has 0 saturated carbocycles. The van der Waals surface area contributed by atoms with E-state index in [2.05, 4.69) is 92.5 Å². The second-order valence-corrected chi connectivity index (χ2v) is 8.54. The summed E-state index contributed by atoms with van der Waals surface area (Å²) in [5.41, 5.74) is 2.04. The van der Waals surface area contributed by atoms with Gasteiger partial charge in [-0.15, -0.1) is 0 Å². The van der Waals surface area contributed by atoms with Crippen LogP contribution in [0.4, 0.5) is 0 Å². The van der Waals surface area contributed by atoms with Crippen LogP contribution >= 0.6 is 31.9 Å². The van der Waals surface area contributed by atoms with Gasteiger partial charge in [-0.05, 0) is 24.0 Å². The molecule has 0 aromatic heterocycles. The monoisotopic (exact) mass is 464 g/mol. The molecule has 2 saturated heterocycles. The highest BCUT2D eigenvalue weighted by Gasteiger charge is 2.57. The van der Waals surface area contributed by atoms with Crippen molar-refractivity contribution in [3.8, 4) is 0 Å². The molecule has 0 amide bonds. The number of ether oxygens (including phenoxy) is 2. The van der Waals surface area contributed by atoms with Crippen molar-refractivity contribution in [3.05, 3.63) is 71.8 Å². The third kappa shape index (κ3) is 3.01. The van der Waals surface area contributed by atoms with Gasteiger partial charge in [-0.25, -0.2) is 0 Å². The van der Waals surface area contributed by atoms with E-state index in [1.54, 1.807) is 0 Å². The van der Waals surface area contributed by atoms with Crippen molar-refractivity contribution in [2.75, 3.05) is 23.9 Å². The van der Waals surface area contributed by atoms with Gasteiger partial charge in [-0.1, -0.05) is 92.5 Å². The van der Waals surface area contributed by atoms with Crippen LogP contribution in [0.2, 0.25) is 0 Å². The van der Waals surface area contributed by atoms with Crippen molar-refractivity contribution in [3.63, 3.8) is 0 Å². The molecule has 4 rings (SSSR count). The van der Waals surface area contributed by atoms with Gasteiger partial charge in [0.2, 0.25) is 0 Å². The summed E-state index contributed by atoms with van der Waals surface area (Å²) >= 11 is 7.43. The van der Waals surface area contributed by atoms with Gasteiger partial charge >= 0.3 is 0 Å². The Kier molecular flexibility index (Phi) is 4.82. The fourth-order valence-electron chi connectivity index (χ4n) is 4.38. The van der Waals surface area contributed by atoms with Crippen molar-refractivity contribution < 1.29 is 9.47 Å². The molecule has 2 nitrogen and oxygen atoms in total. The largest absolute Gasteiger partial charge is 0.369 e. The number of alkyl halides is 2. The number of hydrogen-bond acceptors (Lipinski definition) is 2. The lowest BCUT2D eigenvalue weighted by Gasteiger charge is -2.30. The zero-order chi connectivity index (χ0) is 17.4. The summed E-state index contributed by atoms with van der Waals surface area (Å²) in [5, 5.41) is 1.61. The van der Waals surface area contributed by atoms with Crippen molar-refractivity contribution >= 4 is 31.9 Å². The second kappa shape index (κ2) is 6.80. The van der Waals surface area contributed by atoms with Gasteiger partial charge in [0.05, 0.1) is 13.2 Å². The molecule has 2 fully saturated rings. The fraction of sp³-hybridized carbons (Fsp3) is 0.429. The highest BCUT2D eigenvalue weighted by molar-refractivity contribution is 9.09. The molecule has 2 aliphatic heterocycles. The van der Waals surface area contributed by atoms with Crippen LogP contribution in [-0.4, -0.2) is 23.9 Å². The van der Waals surface area contributed by atoms with Gasteiger partial charge < -0.3 is 9.47 Å². The number of hydrogen-bond donors (Lipinski definition) is 0. The van der Waals surface area contributed by atoms with Crippen molar-refractivity contribution in [2.45, 2.75) is 24.0 Å². The molecule has 2 atom stereocenters. The highest BCUT2D eigenvalue weighted by Crippen LogP contribution is 2.56. The summed E-state index contributed by atoms with van der Waals surface area (Å²) in [5.74, 6) is 0. The number of halogens is 2. The molecule has 4 heteroatoms. The Labute approximate surface area is 166 Å². The van der Waals surface area contributed by atoms with Crippen LogP contribution in [0.25, 0.3) is 0 Å². The molecule has 2 aromatic carbocycles. The Morgan fingerprint density at radius 1 is 0.680 bits per heavy atom. The minimum Gasteiger partial charge on any atom is -0.369 e. The van der Waals surface area contributed by atoms with Crippen LogP contribution in [0.3, 0.4) is 0 Å². The summed E-state index contributed by atoms with van der Waals surface area (Å²) in [6.07, 6.45) is 1.97. The molecule has 0 bridgehead atoms. The Hall–Kier alpha value is -0.680. The van der Waals surface area contributed by atoms with E-state index in [1.165, 1.54) is 11.1 Å². The smallest absolute Gasteiger partial charge is 0.103 e. The van der Waals surface area contributed by atoms with Crippen molar-refractivity contribution in [1.82, 2.24) is 0 Å². The first-order valence-electron chi connectivity index (χ1n) is 8.67. The molecule has 2 heterocycles. The first-order chi connectivity index (χ1) is 12.2. The predicted octanol–water partition coefficient (Wildman–Crippen LogP) is 5.39. The third-order valence-electron chi connectivity index (χ3n) is 5.66. The average molecular weight is 466 g/mol. The SMILES string of the molecule is BrC[C@@]1(c2ccccc2)CC2(CO1)CO[C@](CBr)(c1ccccc1)C2. The van der Waals surface area contributed by atoms with Crippen LogP contribution in [-0.2, 0) is 20.7 Å². The topological polar surface area (TPSA) is 18.5 Å². The minimum absolute atomic E-state index is 0.0627. The average Bonchev–Trinajstić information content (AvgIpc) is 3.26.